The highest BCUT2D eigenvalue weighted by molar-refractivity contribution is 5.92. The number of methoxy groups -OCH3 is 1. The minimum Gasteiger partial charge on any atom is -0.480 e. The fourth-order valence-electron chi connectivity index (χ4n) is 1.35. The molecule has 0 radical (unpaired) electrons. The molecule has 1 heterocycles. The predicted octanol–water partition coefficient (Wildman–Crippen LogP) is 0.701. The van der Waals surface area contributed by atoms with E-state index < -0.39 is 18.0 Å². The zero-order valence-corrected chi connectivity index (χ0v) is 11.3. The second kappa shape index (κ2) is 7.95. The standard InChI is InChI=1S/C12H17N3O5/c1-3-20-10-5-4-8(6-13-10)14-12(18)15-9(7-19-2)11(16)17/h4-6,9H,3,7H2,1-2H3,(H,16,17)(H2,14,15,18). The number of anilines is 1. The number of nitrogens with zero attached hydrogens (tertiary/aromatic N) is 1. The van der Waals surface area contributed by atoms with E-state index in [9.17, 15) is 9.59 Å². The maximum atomic E-state index is 11.6. The zero-order chi connectivity index (χ0) is 15.0. The van der Waals surface area contributed by atoms with E-state index in [0.717, 1.165) is 0 Å². The summed E-state index contributed by atoms with van der Waals surface area (Å²) < 4.78 is 9.87. The molecular weight excluding hydrogens is 266 g/mol. The molecule has 1 atom stereocenters. The van der Waals surface area contributed by atoms with Crippen LogP contribution in [0, 0.1) is 0 Å². The van der Waals surface area contributed by atoms with Gasteiger partial charge in [-0.2, -0.15) is 0 Å². The van der Waals surface area contributed by atoms with Gasteiger partial charge in [0, 0.05) is 13.2 Å². The number of pyridine rings is 1. The van der Waals surface area contributed by atoms with Crippen molar-refractivity contribution in [3.63, 3.8) is 0 Å². The monoisotopic (exact) mass is 283 g/mol. The number of aliphatic carboxylic acids is 1. The highest BCUT2D eigenvalue weighted by Crippen LogP contribution is 2.11. The Morgan fingerprint density at radius 2 is 2.20 bits per heavy atom. The minimum absolute atomic E-state index is 0.121. The molecule has 0 spiro atoms. The molecule has 0 saturated heterocycles. The Labute approximate surface area is 116 Å². The number of nitrogens with one attached hydrogen (secondary N) is 2. The van der Waals surface area contributed by atoms with Gasteiger partial charge in [-0.05, 0) is 13.0 Å². The normalized spacial score (nSPS) is 11.5. The highest BCUT2D eigenvalue weighted by atomic mass is 16.5. The molecule has 20 heavy (non-hydrogen) atoms. The van der Waals surface area contributed by atoms with Crippen LogP contribution in [0.3, 0.4) is 0 Å². The quantitative estimate of drug-likeness (QED) is 0.679. The van der Waals surface area contributed by atoms with E-state index in [0.29, 0.717) is 18.2 Å². The van der Waals surface area contributed by atoms with Crippen molar-refractivity contribution >= 4 is 17.7 Å². The number of carboxylic acids is 1. The third-order valence-electron chi connectivity index (χ3n) is 2.22. The lowest BCUT2D eigenvalue weighted by Gasteiger charge is -2.14. The summed E-state index contributed by atoms with van der Waals surface area (Å²) in [6, 6.07) is 1.43. The smallest absolute Gasteiger partial charge is 0.328 e. The number of urea groups is 1. The molecule has 0 aromatic carbocycles. The van der Waals surface area contributed by atoms with Crippen LogP contribution >= 0.6 is 0 Å². The molecule has 8 nitrogen and oxygen atoms in total. The van der Waals surface area contributed by atoms with E-state index in [1.807, 2.05) is 6.92 Å². The molecule has 0 aliphatic heterocycles. The van der Waals surface area contributed by atoms with Crippen LogP contribution in [-0.2, 0) is 9.53 Å². The molecule has 1 aromatic rings. The van der Waals surface area contributed by atoms with Crippen molar-refractivity contribution in [1.82, 2.24) is 10.3 Å². The third kappa shape index (κ3) is 5.11. The molecule has 1 unspecified atom stereocenters. The van der Waals surface area contributed by atoms with Crippen molar-refractivity contribution in [2.45, 2.75) is 13.0 Å². The van der Waals surface area contributed by atoms with Gasteiger partial charge < -0.3 is 25.2 Å². The Bertz CT molecular complexity index is 449. The Balaban J connectivity index is 2.54. The van der Waals surface area contributed by atoms with Crippen molar-refractivity contribution in [1.29, 1.82) is 0 Å². The van der Waals surface area contributed by atoms with Crippen LogP contribution in [0.1, 0.15) is 6.92 Å². The first-order valence-electron chi connectivity index (χ1n) is 5.95. The van der Waals surface area contributed by atoms with Crippen molar-refractivity contribution < 1.29 is 24.2 Å². The average molecular weight is 283 g/mol. The zero-order valence-electron chi connectivity index (χ0n) is 11.3. The number of rotatable bonds is 7. The Morgan fingerprint density at radius 3 is 2.70 bits per heavy atom. The summed E-state index contributed by atoms with van der Waals surface area (Å²) in [5.41, 5.74) is 0.424. The van der Waals surface area contributed by atoms with Gasteiger partial charge in [0.15, 0.2) is 6.04 Å². The van der Waals surface area contributed by atoms with E-state index in [-0.39, 0.29) is 6.61 Å². The molecule has 0 aliphatic carbocycles. The van der Waals surface area contributed by atoms with Crippen molar-refractivity contribution in [3.8, 4) is 5.88 Å². The fourth-order valence-corrected chi connectivity index (χ4v) is 1.35. The van der Waals surface area contributed by atoms with E-state index >= 15 is 0 Å². The summed E-state index contributed by atoms with van der Waals surface area (Å²) >= 11 is 0. The molecule has 1 aromatic heterocycles. The van der Waals surface area contributed by atoms with Crippen LogP contribution in [0.4, 0.5) is 10.5 Å². The Kier molecular flexibility index (Phi) is 6.24. The molecule has 0 fully saturated rings. The maximum Gasteiger partial charge on any atom is 0.328 e. The first-order valence-corrected chi connectivity index (χ1v) is 5.95. The summed E-state index contributed by atoms with van der Waals surface area (Å²) in [6.07, 6.45) is 1.41. The number of aromatic nitrogens is 1. The lowest BCUT2D eigenvalue weighted by molar-refractivity contribution is -0.140. The van der Waals surface area contributed by atoms with Crippen LogP contribution in [0.25, 0.3) is 0 Å². The van der Waals surface area contributed by atoms with Crippen molar-refractivity contribution in [3.05, 3.63) is 18.3 Å². The van der Waals surface area contributed by atoms with Crippen LogP contribution in [0.15, 0.2) is 18.3 Å². The Hall–Kier alpha value is -2.35. The molecule has 110 valence electrons. The number of carboxylic acid groups (broad SMARTS) is 1. The van der Waals surface area contributed by atoms with Gasteiger partial charge in [0.1, 0.15) is 0 Å². The lowest BCUT2D eigenvalue weighted by Crippen LogP contribution is -2.45. The second-order valence-electron chi connectivity index (χ2n) is 3.76. The summed E-state index contributed by atoms with van der Waals surface area (Å²) in [7, 11) is 1.35. The summed E-state index contributed by atoms with van der Waals surface area (Å²) in [6.45, 7) is 2.21. The predicted molar refractivity (Wildman–Crippen MR) is 70.9 cm³/mol. The molecule has 3 N–H and O–H groups in total. The largest absolute Gasteiger partial charge is 0.480 e. The first-order chi connectivity index (χ1) is 9.56. The molecule has 0 aliphatic rings. The van der Waals surface area contributed by atoms with E-state index in [4.69, 9.17) is 14.6 Å². The molecular formula is C12H17N3O5. The van der Waals surface area contributed by atoms with Gasteiger partial charge >= 0.3 is 12.0 Å². The van der Waals surface area contributed by atoms with Crippen molar-refractivity contribution in [2.24, 2.45) is 0 Å². The number of ether oxygens (including phenoxy) is 2. The van der Waals surface area contributed by atoms with Gasteiger partial charge in [-0.25, -0.2) is 14.6 Å². The fraction of sp³-hybridized carbons (Fsp3) is 0.417. The molecule has 0 saturated carbocycles. The first kappa shape index (κ1) is 15.7. The third-order valence-corrected chi connectivity index (χ3v) is 2.22. The van der Waals surface area contributed by atoms with Crippen LogP contribution in [0.5, 0.6) is 5.88 Å². The average Bonchev–Trinajstić information content (AvgIpc) is 2.40. The number of carbonyl (C=O) groups is 2. The van der Waals surface area contributed by atoms with Crippen LogP contribution in [0.2, 0.25) is 0 Å². The summed E-state index contributed by atoms with van der Waals surface area (Å²) in [4.78, 5) is 26.4. The maximum absolute atomic E-state index is 11.6. The van der Waals surface area contributed by atoms with Gasteiger partial charge in [-0.15, -0.1) is 0 Å². The molecule has 2 amide bonds. The SMILES string of the molecule is CCOc1ccc(NC(=O)NC(COC)C(=O)O)cn1. The highest BCUT2D eigenvalue weighted by Gasteiger charge is 2.19. The summed E-state index contributed by atoms with van der Waals surface area (Å²) in [5, 5.41) is 13.6. The molecule has 1 rings (SSSR count). The summed E-state index contributed by atoms with van der Waals surface area (Å²) in [5.74, 6) is -0.729. The van der Waals surface area contributed by atoms with Gasteiger partial charge in [-0.3, -0.25) is 0 Å². The van der Waals surface area contributed by atoms with Crippen molar-refractivity contribution in [2.75, 3.05) is 25.6 Å². The Morgan fingerprint density at radius 1 is 1.45 bits per heavy atom. The van der Waals surface area contributed by atoms with Gasteiger partial charge in [0.05, 0.1) is 25.1 Å². The minimum atomic E-state index is -1.17. The van der Waals surface area contributed by atoms with Gasteiger partial charge in [0.25, 0.3) is 0 Å². The van der Waals surface area contributed by atoms with Gasteiger partial charge in [-0.1, -0.05) is 0 Å². The second-order valence-corrected chi connectivity index (χ2v) is 3.76. The van der Waals surface area contributed by atoms with E-state index in [1.54, 1.807) is 12.1 Å². The van der Waals surface area contributed by atoms with E-state index in [1.165, 1.54) is 13.3 Å². The lowest BCUT2D eigenvalue weighted by atomic mass is 10.3. The van der Waals surface area contributed by atoms with Gasteiger partial charge in [0.2, 0.25) is 5.88 Å². The number of hydrogen-bond acceptors (Lipinski definition) is 5. The topological polar surface area (TPSA) is 110 Å². The van der Waals surface area contributed by atoms with Crippen LogP contribution < -0.4 is 15.4 Å². The van der Waals surface area contributed by atoms with Crippen LogP contribution in [-0.4, -0.2) is 48.5 Å². The molecule has 8 heteroatoms. The molecule has 0 bridgehead atoms. The number of hydrogen-bond donors (Lipinski definition) is 3. The number of amides is 2. The number of carbonyl (C=O) groups excluding carboxylic acids is 1. The van der Waals surface area contributed by atoms with E-state index in [2.05, 4.69) is 15.6 Å².